The number of benzene rings is 2. The Kier molecular flexibility index (Phi) is 7.06. The summed E-state index contributed by atoms with van der Waals surface area (Å²) in [6.45, 7) is 0.286. The number of hydrogen-bond acceptors (Lipinski definition) is 4. The van der Waals surface area contributed by atoms with Crippen molar-refractivity contribution in [2.75, 3.05) is 7.11 Å². The number of carbonyl (C=O) groups is 2. The lowest BCUT2D eigenvalue weighted by Gasteiger charge is -2.28. The monoisotopic (exact) mass is 518 g/mol. The van der Waals surface area contributed by atoms with Gasteiger partial charge in [0.15, 0.2) is 11.5 Å². The predicted molar refractivity (Wildman–Crippen MR) is 127 cm³/mol. The van der Waals surface area contributed by atoms with Crippen LogP contribution in [0, 0.1) is 0 Å². The van der Waals surface area contributed by atoms with Crippen molar-refractivity contribution >= 4 is 45.5 Å². The topological polar surface area (TPSA) is 67.9 Å². The molecule has 168 valence electrons. The summed E-state index contributed by atoms with van der Waals surface area (Å²) < 4.78 is 12.1. The summed E-state index contributed by atoms with van der Waals surface area (Å²) in [5, 5.41) is 3.35. The molecule has 1 saturated heterocycles. The summed E-state index contributed by atoms with van der Waals surface area (Å²) in [5.74, 6) is 0.756. The molecule has 0 unspecified atom stereocenters. The largest absolute Gasteiger partial charge is 0.493 e. The van der Waals surface area contributed by atoms with E-state index in [4.69, 9.17) is 21.1 Å². The molecule has 0 atom stereocenters. The van der Waals surface area contributed by atoms with Crippen LogP contribution in [0.5, 0.6) is 11.5 Å². The molecular weight excluding hydrogens is 496 g/mol. The minimum Gasteiger partial charge on any atom is -0.493 e. The van der Waals surface area contributed by atoms with Crippen LogP contribution in [-0.4, -0.2) is 30.0 Å². The van der Waals surface area contributed by atoms with Gasteiger partial charge in [-0.25, -0.2) is 4.79 Å². The van der Waals surface area contributed by atoms with Gasteiger partial charge in [0.2, 0.25) is 0 Å². The maximum atomic E-state index is 12.9. The molecular formula is C24H24BrClN2O4. The van der Waals surface area contributed by atoms with Gasteiger partial charge in [-0.2, -0.15) is 0 Å². The van der Waals surface area contributed by atoms with Gasteiger partial charge in [-0.3, -0.25) is 9.69 Å². The zero-order chi connectivity index (χ0) is 22.7. The van der Waals surface area contributed by atoms with E-state index < -0.39 is 0 Å². The summed E-state index contributed by atoms with van der Waals surface area (Å²) in [6.07, 6.45) is 6.62. The Balaban J connectivity index is 1.55. The normalized spacial score (nSPS) is 18.2. The minimum absolute atomic E-state index is 0.0271. The Morgan fingerprint density at radius 2 is 1.91 bits per heavy atom. The molecule has 0 radical (unpaired) electrons. The van der Waals surface area contributed by atoms with E-state index in [1.54, 1.807) is 25.3 Å². The van der Waals surface area contributed by atoms with Gasteiger partial charge in [-0.1, -0.05) is 65.0 Å². The molecule has 0 bridgehead atoms. The Bertz CT molecular complexity index is 1070. The van der Waals surface area contributed by atoms with E-state index in [2.05, 4.69) is 21.2 Å². The van der Waals surface area contributed by atoms with Crippen LogP contribution in [0.1, 0.15) is 43.2 Å². The van der Waals surface area contributed by atoms with Crippen molar-refractivity contribution in [2.24, 2.45) is 0 Å². The number of nitrogens with zero attached hydrogens (tertiary/aromatic N) is 1. The van der Waals surface area contributed by atoms with Crippen LogP contribution in [0.2, 0.25) is 5.02 Å². The zero-order valence-electron chi connectivity index (χ0n) is 17.7. The Labute approximate surface area is 200 Å². The van der Waals surface area contributed by atoms with Gasteiger partial charge in [0.25, 0.3) is 5.91 Å². The maximum Gasteiger partial charge on any atom is 0.329 e. The van der Waals surface area contributed by atoms with Crippen LogP contribution in [0.4, 0.5) is 4.79 Å². The first-order valence-electron chi connectivity index (χ1n) is 10.6. The molecule has 1 heterocycles. The molecule has 1 saturated carbocycles. The zero-order valence-corrected chi connectivity index (χ0v) is 20.0. The van der Waals surface area contributed by atoms with Gasteiger partial charge in [-0.05, 0) is 42.7 Å². The van der Waals surface area contributed by atoms with Gasteiger partial charge in [0, 0.05) is 21.1 Å². The van der Waals surface area contributed by atoms with Crippen molar-refractivity contribution in [1.29, 1.82) is 0 Å². The van der Waals surface area contributed by atoms with Crippen molar-refractivity contribution in [3.63, 3.8) is 0 Å². The summed E-state index contributed by atoms with van der Waals surface area (Å²) >= 11 is 9.75. The molecule has 8 heteroatoms. The lowest BCUT2D eigenvalue weighted by Crippen LogP contribution is -2.41. The standard InChI is InChI=1S/C24H24BrClN2O4/c1-31-21-12-16(18(25)13-22(21)32-14-15-7-5-6-10-19(15)26)11-20-23(29)28(24(30)27-20)17-8-3-2-4-9-17/h5-7,10-13,17H,2-4,8-9,14H2,1H3,(H,27,30)/b20-11-. The number of rotatable bonds is 6. The number of nitrogens with one attached hydrogen (secondary N) is 1. The highest BCUT2D eigenvalue weighted by molar-refractivity contribution is 9.10. The summed E-state index contributed by atoms with van der Waals surface area (Å²) in [7, 11) is 1.55. The van der Waals surface area contributed by atoms with Crippen molar-refractivity contribution in [3.8, 4) is 11.5 Å². The number of urea groups is 1. The summed E-state index contributed by atoms with van der Waals surface area (Å²) in [6, 6.07) is 10.6. The van der Waals surface area contributed by atoms with Crippen LogP contribution >= 0.6 is 27.5 Å². The maximum absolute atomic E-state index is 12.9. The average Bonchev–Trinajstić information content (AvgIpc) is 3.08. The average molecular weight is 520 g/mol. The molecule has 32 heavy (non-hydrogen) atoms. The summed E-state index contributed by atoms with van der Waals surface area (Å²) in [4.78, 5) is 26.8. The molecule has 2 aromatic rings. The molecule has 6 nitrogen and oxygen atoms in total. The first-order valence-corrected chi connectivity index (χ1v) is 11.7. The van der Waals surface area contributed by atoms with Gasteiger partial charge in [0.05, 0.1) is 7.11 Å². The number of amides is 3. The SMILES string of the molecule is COc1cc(/C=C2\NC(=O)N(C3CCCCC3)C2=O)c(Br)cc1OCc1ccccc1Cl. The van der Waals surface area contributed by atoms with Gasteiger partial charge < -0.3 is 14.8 Å². The quantitative estimate of drug-likeness (QED) is 0.380. The number of carbonyl (C=O) groups excluding carboxylic acids is 2. The second-order valence-electron chi connectivity index (χ2n) is 7.86. The Morgan fingerprint density at radius 3 is 2.62 bits per heavy atom. The summed E-state index contributed by atoms with van der Waals surface area (Å²) in [5.41, 5.74) is 1.81. The highest BCUT2D eigenvalue weighted by Gasteiger charge is 2.39. The van der Waals surface area contributed by atoms with E-state index in [-0.39, 0.29) is 30.3 Å². The lowest BCUT2D eigenvalue weighted by molar-refractivity contribution is -0.124. The fourth-order valence-electron chi connectivity index (χ4n) is 4.08. The van der Waals surface area contributed by atoms with Crippen LogP contribution < -0.4 is 14.8 Å². The molecule has 1 aliphatic carbocycles. The predicted octanol–water partition coefficient (Wildman–Crippen LogP) is 5.92. The first kappa shape index (κ1) is 22.7. The second-order valence-corrected chi connectivity index (χ2v) is 9.12. The van der Waals surface area contributed by atoms with E-state index in [1.807, 2.05) is 24.3 Å². The number of methoxy groups -OCH3 is 1. The molecule has 1 aliphatic heterocycles. The van der Waals surface area contributed by atoms with Gasteiger partial charge >= 0.3 is 6.03 Å². The van der Waals surface area contributed by atoms with Gasteiger partial charge in [0.1, 0.15) is 12.3 Å². The van der Waals surface area contributed by atoms with E-state index in [1.165, 1.54) is 4.90 Å². The smallest absolute Gasteiger partial charge is 0.329 e. The minimum atomic E-state index is -0.351. The van der Waals surface area contributed by atoms with E-state index >= 15 is 0 Å². The molecule has 2 aliphatic rings. The number of halogens is 2. The van der Waals surface area contributed by atoms with Crippen LogP contribution in [0.25, 0.3) is 6.08 Å². The Morgan fingerprint density at radius 1 is 1.16 bits per heavy atom. The number of ether oxygens (including phenoxy) is 2. The van der Waals surface area contributed by atoms with Gasteiger partial charge in [-0.15, -0.1) is 0 Å². The molecule has 2 fully saturated rings. The third-order valence-electron chi connectivity index (χ3n) is 5.77. The van der Waals surface area contributed by atoms with E-state index in [0.29, 0.717) is 26.6 Å². The van der Waals surface area contributed by atoms with Crippen LogP contribution in [-0.2, 0) is 11.4 Å². The molecule has 1 N–H and O–H groups in total. The molecule has 3 amide bonds. The third kappa shape index (κ3) is 4.79. The van der Waals surface area contributed by atoms with Crippen molar-refractivity contribution in [1.82, 2.24) is 10.2 Å². The van der Waals surface area contributed by atoms with E-state index in [9.17, 15) is 9.59 Å². The molecule has 4 rings (SSSR count). The number of hydrogen-bond donors (Lipinski definition) is 1. The third-order valence-corrected chi connectivity index (χ3v) is 6.83. The second kappa shape index (κ2) is 9.96. The first-order chi connectivity index (χ1) is 15.5. The fraction of sp³-hybridized carbons (Fsp3) is 0.333. The molecule has 0 spiro atoms. The van der Waals surface area contributed by atoms with Crippen LogP contribution in [0.3, 0.4) is 0 Å². The van der Waals surface area contributed by atoms with Crippen LogP contribution in [0.15, 0.2) is 46.6 Å². The number of imide groups is 1. The van der Waals surface area contributed by atoms with Crippen molar-refractivity contribution < 1.29 is 19.1 Å². The molecule has 2 aromatic carbocycles. The van der Waals surface area contributed by atoms with Crippen molar-refractivity contribution in [3.05, 3.63) is 62.7 Å². The highest BCUT2D eigenvalue weighted by atomic mass is 79.9. The van der Waals surface area contributed by atoms with E-state index in [0.717, 1.165) is 37.7 Å². The van der Waals surface area contributed by atoms with Crippen molar-refractivity contribution in [2.45, 2.75) is 44.8 Å². The highest BCUT2D eigenvalue weighted by Crippen LogP contribution is 2.36. The lowest BCUT2D eigenvalue weighted by atomic mass is 9.94. The molecule has 0 aromatic heterocycles. The Hall–Kier alpha value is -2.51. The fourth-order valence-corrected chi connectivity index (χ4v) is 4.71.